The van der Waals surface area contributed by atoms with Crippen LogP contribution in [0.4, 0.5) is 4.39 Å². The zero-order chi connectivity index (χ0) is 13.2. The fourth-order valence-electron chi connectivity index (χ4n) is 2.13. The maximum atomic E-state index is 13.8. The minimum absolute atomic E-state index is 0. The van der Waals surface area contributed by atoms with Crippen LogP contribution in [0.25, 0.3) is 0 Å². The van der Waals surface area contributed by atoms with Gasteiger partial charge in [-0.05, 0) is 11.6 Å². The van der Waals surface area contributed by atoms with Crippen molar-refractivity contribution in [3.05, 3.63) is 35.6 Å². The molecule has 2 rings (SSSR count). The molecule has 1 aliphatic rings. The van der Waals surface area contributed by atoms with Gasteiger partial charge in [-0.3, -0.25) is 4.99 Å². The predicted molar refractivity (Wildman–Crippen MR) is 87.8 cm³/mol. The number of guanidine groups is 1. The van der Waals surface area contributed by atoms with Gasteiger partial charge in [-0.15, -0.1) is 24.0 Å². The van der Waals surface area contributed by atoms with Crippen molar-refractivity contribution in [1.29, 1.82) is 0 Å². The number of halogens is 2. The Hall–Kier alpha value is -0.850. The Morgan fingerprint density at radius 1 is 1.37 bits per heavy atom. The van der Waals surface area contributed by atoms with Gasteiger partial charge in [-0.2, -0.15) is 0 Å². The van der Waals surface area contributed by atoms with Gasteiger partial charge >= 0.3 is 0 Å². The van der Waals surface area contributed by atoms with Crippen molar-refractivity contribution in [2.45, 2.75) is 19.3 Å². The molecule has 1 aromatic rings. The van der Waals surface area contributed by atoms with E-state index in [4.69, 9.17) is 0 Å². The van der Waals surface area contributed by atoms with Crippen molar-refractivity contribution < 1.29 is 4.39 Å². The van der Waals surface area contributed by atoms with Crippen LogP contribution in [0.3, 0.4) is 0 Å². The van der Waals surface area contributed by atoms with Crippen LogP contribution in [0, 0.1) is 5.82 Å². The molecule has 106 valence electrons. The molecule has 5 heteroatoms. The molecule has 0 aliphatic carbocycles. The lowest BCUT2D eigenvalue weighted by Gasteiger charge is -2.27. The summed E-state index contributed by atoms with van der Waals surface area (Å²) in [6.07, 6.45) is 0. The van der Waals surface area contributed by atoms with Crippen molar-refractivity contribution in [2.75, 3.05) is 26.7 Å². The third-order valence-corrected chi connectivity index (χ3v) is 3.35. The molecular formula is C14H21FIN3. The van der Waals surface area contributed by atoms with E-state index in [1.165, 1.54) is 6.07 Å². The molecule has 1 N–H and O–H groups in total. The molecule has 0 amide bonds. The summed E-state index contributed by atoms with van der Waals surface area (Å²) in [5.74, 6) is 0.755. The number of likely N-dealkylation sites (N-methyl/N-ethyl adjacent to an activating group) is 1. The van der Waals surface area contributed by atoms with E-state index in [2.05, 4.69) is 15.2 Å². The van der Waals surface area contributed by atoms with Crippen LogP contribution in [0.2, 0.25) is 0 Å². The Bertz CT molecular complexity index is 460. The number of nitrogens with one attached hydrogen (secondary N) is 1. The SMILES string of the molecule is CN1CCN=C1NCC(C)(C)c1ccccc1F.I. The lowest BCUT2D eigenvalue weighted by Crippen LogP contribution is -2.42. The molecule has 0 fully saturated rings. The van der Waals surface area contributed by atoms with Crippen LogP contribution in [-0.4, -0.2) is 37.5 Å². The second-order valence-electron chi connectivity index (χ2n) is 5.34. The third kappa shape index (κ3) is 3.81. The first-order valence-electron chi connectivity index (χ1n) is 6.25. The van der Waals surface area contributed by atoms with Crippen LogP contribution < -0.4 is 5.32 Å². The quantitative estimate of drug-likeness (QED) is 0.821. The normalized spacial score (nSPS) is 14.9. The lowest BCUT2D eigenvalue weighted by atomic mass is 9.84. The highest BCUT2D eigenvalue weighted by atomic mass is 127. The summed E-state index contributed by atoms with van der Waals surface area (Å²) >= 11 is 0. The molecule has 0 spiro atoms. The first-order valence-corrected chi connectivity index (χ1v) is 6.25. The van der Waals surface area contributed by atoms with Crippen molar-refractivity contribution in [2.24, 2.45) is 4.99 Å². The summed E-state index contributed by atoms with van der Waals surface area (Å²) in [4.78, 5) is 6.45. The number of nitrogens with zero attached hydrogens (tertiary/aromatic N) is 2. The van der Waals surface area contributed by atoms with Gasteiger partial charge in [0.1, 0.15) is 5.82 Å². The van der Waals surface area contributed by atoms with Gasteiger partial charge in [-0.25, -0.2) is 4.39 Å². The topological polar surface area (TPSA) is 27.6 Å². The molecule has 0 saturated carbocycles. The van der Waals surface area contributed by atoms with Crippen molar-refractivity contribution >= 4 is 29.9 Å². The molecule has 0 aromatic heterocycles. The predicted octanol–water partition coefficient (Wildman–Crippen LogP) is 2.61. The molecule has 0 bridgehead atoms. The average molecular weight is 377 g/mol. The second kappa shape index (κ2) is 6.54. The summed E-state index contributed by atoms with van der Waals surface area (Å²) in [5, 5.41) is 3.31. The van der Waals surface area contributed by atoms with E-state index in [0.717, 1.165) is 24.6 Å². The maximum Gasteiger partial charge on any atom is 0.193 e. The monoisotopic (exact) mass is 377 g/mol. The van der Waals surface area contributed by atoms with Crippen LogP contribution in [0.15, 0.2) is 29.3 Å². The van der Waals surface area contributed by atoms with Gasteiger partial charge in [0.2, 0.25) is 0 Å². The van der Waals surface area contributed by atoms with Gasteiger partial charge in [0.05, 0.1) is 6.54 Å². The molecule has 3 nitrogen and oxygen atoms in total. The van der Waals surface area contributed by atoms with Crippen molar-refractivity contribution in [3.8, 4) is 0 Å². The van der Waals surface area contributed by atoms with Crippen LogP contribution in [0.5, 0.6) is 0 Å². The molecule has 0 atom stereocenters. The Labute approximate surface area is 131 Å². The van der Waals surface area contributed by atoms with Crippen molar-refractivity contribution in [3.63, 3.8) is 0 Å². The molecule has 1 aromatic carbocycles. The second-order valence-corrected chi connectivity index (χ2v) is 5.34. The molecule has 0 radical (unpaired) electrons. The van der Waals surface area contributed by atoms with Gasteiger partial charge in [-0.1, -0.05) is 32.0 Å². The van der Waals surface area contributed by atoms with Crippen LogP contribution >= 0.6 is 24.0 Å². The van der Waals surface area contributed by atoms with Crippen LogP contribution in [-0.2, 0) is 5.41 Å². The summed E-state index contributed by atoms with van der Waals surface area (Å²) in [6, 6.07) is 6.95. The summed E-state index contributed by atoms with van der Waals surface area (Å²) in [5.41, 5.74) is 0.468. The highest BCUT2D eigenvalue weighted by molar-refractivity contribution is 14.0. The minimum atomic E-state index is -0.267. The molecule has 0 saturated heterocycles. The Kier molecular flexibility index (Phi) is 5.58. The third-order valence-electron chi connectivity index (χ3n) is 3.35. The number of benzene rings is 1. The molecule has 1 aliphatic heterocycles. The lowest BCUT2D eigenvalue weighted by molar-refractivity contribution is 0.458. The Morgan fingerprint density at radius 2 is 2.05 bits per heavy atom. The number of aliphatic imine (C=N–C) groups is 1. The van der Waals surface area contributed by atoms with Gasteiger partial charge in [0.25, 0.3) is 0 Å². The van der Waals surface area contributed by atoms with E-state index in [-0.39, 0.29) is 35.2 Å². The standard InChI is InChI=1S/C14H20FN3.HI/c1-14(2,11-6-4-5-7-12(11)15)10-17-13-16-8-9-18(13)3;/h4-7H,8-10H2,1-3H3,(H,16,17);1H. The number of hydrogen-bond acceptors (Lipinski definition) is 3. The van der Waals surface area contributed by atoms with Crippen LogP contribution in [0.1, 0.15) is 19.4 Å². The summed E-state index contributed by atoms with van der Waals surface area (Å²) in [6.45, 7) is 6.51. The molecular weight excluding hydrogens is 356 g/mol. The average Bonchev–Trinajstić information content (AvgIpc) is 2.73. The van der Waals surface area contributed by atoms with Crippen molar-refractivity contribution in [1.82, 2.24) is 10.2 Å². The number of rotatable bonds is 3. The summed E-state index contributed by atoms with van der Waals surface area (Å²) < 4.78 is 13.8. The maximum absolute atomic E-state index is 13.8. The van der Waals surface area contributed by atoms with Gasteiger partial charge in [0, 0.05) is 25.6 Å². The highest BCUT2D eigenvalue weighted by Gasteiger charge is 2.25. The Balaban J connectivity index is 0.00000180. The number of hydrogen-bond donors (Lipinski definition) is 1. The first-order chi connectivity index (χ1) is 8.50. The minimum Gasteiger partial charge on any atom is -0.355 e. The molecule has 0 unspecified atom stereocenters. The van der Waals surface area contributed by atoms with E-state index >= 15 is 0 Å². The van der Waals surface area contributed by atoms with E-state index in [9.17, 15) is 4.39 Å². The van der Waals surface area contributed by atoms with E-state index < -0.39 is 0 Å². The highest BCUT2D eigenvalue weighted by Crippen LogP contribution is 2.24. The fourth-order valence-corrected chi connectivity index (χ4v) is 2.13. The molecule has 1 heterocycles. The van der Waals surface area contributed by atoms with Gasteiger partial charge < -0.3 is 10.2 Å². The van der Waals surface area contributed by atoms with E-state index in [1.54, 1.807) is 6.07 Å². The largest absolute Gasteiger partial charge is 0.355 e. The van der Waals surface area contributed by atoms with Gasteiger partial charge in [0.15, 0.2) is 5.96 Å². The summed E-state index contributed by atoms with van der Waals surface area (Å²) in [7, 11) is 2.01. The fraction of sp³-hybridized carbons (Fsp3) is 0.500. The van der Waals surface area contributed by atoms with E-state index in [1.807, 2.05) is 33.0 Å². The zero-order valence-corrected chi connectivity index (χ0v) is 13.9. The smallest absolute Gasteiger partial charge is 0.193 e. The van der Waals surface area contributed by atoms with E-state index in [0.29, 0.717) is 6.54 Å². The zero-order valence-electron chi connectivity index (χ0n) is 11.6. The Morgan fingerprint density at radius 3 is 2.63 bits per heavy atom. The molecule has 19 heavy (non-hydrogen) atoms. The first kappa shape index (κ1) is 16.2.